The number of ether oxygens (including phenoxy) is 2. The lowest BCUT2D eigenvalue weighted by molar-refractivity contribution is 0.101. The zero-order valence-electron chi connectivity index (χ0n) is 14.2. The number of hydrogen-bond acceptors (Lipinski definition) is 4. The maximum atomic E-state index is 12.6. The second kappa shape index (κ2) is 5.41. The monoisotopic (exact) mass is 335 g/mol. The number of phenolic OH excluding ortho intramolecular Hbond substituents is 1. The molecule has 3 aromatic rings. The first-order valence-corrected chi connectivity index (χ1v) is 7.89. The van der Waals surface area contributed by atoms with Gasteiger partial charge in [0.2, 0.25) is 5.78 Å². The van der Waals surface area contributed by atoms with Gasteiger partial charge in [-0.2, -0.15) is 0 Å². The van der Waals surface area contributed by atoms with Crippen molar-refractivity contribution in [3.8, 4) is 17.2 Å². The summed E-state index contributed by atoms with van der Waals surface area (Å²) in [6.07, 6.45) is 3.68. The second-order valence-electron chi connectivity index (χ2n) is 6.10. The first-order chi connectivity index (χ1) is 12.0. The van der Waals surface area contributed by atoms with E-state index in [9.17, 15) is 9.90 Å². The molecule has 0 bridgehead atoms. The first kappa shape index (κ1) is 15.3. The van der Waals surface area contributed by atoms with Crippen LogP contribution in [-0.2, 0) is 7.05 Å². The summed E-state index contributed by atoms with van der Waals surface area (Å²) >= 11 is 0. The number of carbonyl (C=O) groups excluding carboxylic acids is 1. The molecular formula is C20H17NO4. The third-order valence-electron chi connectivity index (χ3n) is 4.57. The van der Waals surface area contributed by atoms with E-state index in [1.165, 1.54) is 6.07 Å². The van der Waals surface area contributed by atoms with Crippen LogP contribution in [0, 0.1) is 6.92 Å². The summed E-state index contributed by atoms with van der Waals surface area (Å²) in [4.78, 5) is 12.6. The van der Waals surface area contributed by atoms with Crippen LogP contribution in [0.15, 0.2) is 42.3 Å². The van der Waals surface area contributed by atoms with Crippen molar-refractivity contribution < 1.29 is 19.4 Å². The Balaban J connectivity index is 1.84. The van der Waals surface area contributed by atoms with Gasteiger partial charge >= 0.3 is 0 Å². The van der Waals surface area contributed by atoms with Gasteiger partial charge in [-0.15, -0.1) is 0 Å². The molecule has 0 unspecified atom stereocenters. The molecule has 1 aromatic heterocycles. The number of aryl methyl sites for hydroxylation is 1. The highest BCUT2D eigenvalue weighted by Crippen LogP contribution is 2.39. The van der Waals surface area contributed by atoms with Crippen molar-refractivity contribution in [3.63, 3.8) is 0 Å². The highest BCUT2D eigenvalue weighted by molar-refractivity contribution is 6.15. The van der Waals surface area contributed by atoms with Crippen molar-refractivity contribution in [1.29, 1.82) is 0 Å². The second-order valence-corrected chi connectivity index (χ2v) is 6.10. The van der Waals surface area contributed by atoms with E-state index in [1.54, 1.807) is 26.2 Å². The Morgan fingerprint density at radius 2 is 2.04 bits per heavy atom. The predicted molar refractivity (Wildman–Crippen MR) is 95.3 cm³/mol. The van der Waals surface area contributed by atoms with Gasteiger partial charge in [-0.1, -0.05) is 0 Å². The van der Waals surface area contributed by atoms with Gasteiger partial charge in [0.25, 0.3) is 0 Å². The molecule has 4 rings (SSSR count). The van der Waals surface area contributed by atoms with Crippen LogP contribution in [0.3, 0.4) is 0 Å². The van der Waals surface area contributed by atoms with Crippen LogP contribution in [0.25, 0.3) is 17.0 Å². The van der Waals surface area contributed by atoms with Crippen molar-refractivity contribution in [2.75, 3.05) is 7.11 Å². The number of fused-ring (bicyclic) bond motifs is 2. The van der Waals surface area contributed by atoms with Gasteiger partial charge < -0.3 is 19.1 Å². The minimum absolute atomic E-state index is 0.114. The number of Topliss-reactive ketones (excluding diaryl/α,β-unsaturated/α-hetero) is 1. The molecule has 0 fully saturated rings. The van der Waals surface area contributed by atoms with E-state index in [0.717, 1.165) is 22.2 Å². The summed E-state index contributed by atoms with van der Waals surface area (Å²) in [7, 11) is 3.57. The van der Waals surface area contributed by atoms with E-state index in [2.05, 4.69) is 0 Å². The number of aromatic nitrogens is 1. The van der Waals surface area contributed by atoms with Crippen LogP contribution in [0.5, 0.6) is 17.2 Å². The van der Waals surface area contributed by atoms with Crippen LogP contribution < -0.4 is 9.47 Å². The molecule has 1 aliphatic heterocycles. The standard InChI is InChI=1S/C20H17NO4/c1-11-17(22)7-5-14-19(23)18(25-20(11)14)8-12-10-21(2)16-6-4-13(24-3)9-15(12)16/h4-10,22H,1-3H3/b18-8+. The lowest BCUT2D eigenvalue weighted by Gasteiger charge is -2.04. The summed E-state index contributed by atoms with van der Waals surface area (Å²) in [5.41, 5.74) is 2.94. The smallest absolute Gasteiger partial charge is 0.231 e. The molecule has 5 heteroatoms. The molecule has 126 valence electrons. The molecule has 0 spiro atoms. The highest BCUT2D eigenvalue weighted by Gasteiger charge is 2.30. The largest absolute Gasteiger partial charge is 0.508 e. The van der Waals surface area contributed by atoms with Gasteiger partial charge in [-0.3, -0.25) is 4.79 Å². The molecule has 5 nitrogen and oxygen atoms in total. The summed E-state index contributed by atoms with van der Waals surface area (Å²) < 4.78 is 13.1. The number of methoxy groups -OCH3 is 1. The van der Waals surface area contributed by atoms with Crippen LogP contribution in [0.4, 0.5) is 0 Å². The van der Waals surface area contributed by atoms with Gasteiger partial charge in [-0.25, -0.2) is 0 Å². The Kier molecular flexibility index (Phi) is 3.32. The number of carbonyl (C=O) groups is 1. The van der Waals surface area contributed by atoms with Gasteiger partial charge in [0, 0.05) is 35.3 Å². The molecule has 0 saturated heterocycles. The Bertz CT molecular complexity index is 1060. The minimum Gasteiger partial charge on any atom is -0.508 e. The van der Waals surface area contributed by atoms with Crippen molar-refractivity contribution in [3.05, 3.63) is 59.0 Å². The fraction of sp³-hybridized carbons (Fsp3) is 0.150. The van der Waals surface area contributed by atoms with Crippen molar-refractivity contribution in [1.82, 2.24) is 4.57 Å². The van der Waals surface area contributed by atoms with Crippen molar-refractivity contribution in [2.45, 2.75) is 6.92 Å². The average molecular weight is 335 g/mol. The number of rotatable bonds is 2. The van der Waals surface area contributed by atoms with Crippen molar-refractivity contribution in [2.24, 2.45) is 7.05 Å². The lowest BCUT2D eigenvalue weighted by atomic mass is 10.1. The van der Waals surface area contributed by atoms with Crippen LogP contribution in [-0.4, -0.2) is 22.6 Å². The van der Waals surface area contributed by atoms with E-state index < -0.39 is 0 Å². The number of nitrogens with zero attached hydrogens (tertiary/aromatic N) is 1. The Hall–Kier alpha value is -3.21. The molecule has 1 N–H and O–H groups in total. The number of aromatic hydroxyl groups is 1. The van der Waals surface area contributed by atoms with Gasteiger partial charge in [-0.05, 0) is 43.3 Å². The summed E-state index contributed by atoms with van der Waals surface area (Å²) in [6.45, 7) is 1.73. The summed E-state index contributed by atoms with van der Waals surface area (Å²) in [5, 5.41) is 10.8. The molecule has 0 saturated carbocycles. The molecule has 0 atom stereocenters. The average Bonchev–Trinajstić information content (AvgIpc) is 3.09. The van der Waals surface area contributed by atoms with E-state index in [4.69, 9.17) is 9.47 Å². The van der Waals surface area contributed by atoms with Crippen LogP contribution in [0.1, 0.15) is 21.5 Å². The number of hydrogen-bond donors (Lipinski definition) is 1. The molecule has 25 heavy (non-hydrogen) atoms. The van der Waals surface area contributed by atoms with E-state index in [-0.39, 0.29) is 17.3 Å². The van der Waals surface area contributed by atoms with Gasteiger partial charge in [0.1, 0.15) is 17.2 Å². The van der Waals surface area contributed by atoms with Crippen molar-refractivity contribution >= 4 is 22.8 Å². The molecule has 0 aliphatic carbocycles. The molecule has 2 heterocycles. The molecular weight excluding hydrogens is 318 g/mol. The zero-order chi connectivity index (χ0) is 17.7. The van der Waals surface area contributed by atoms with E-state index >= 15 is 0 Å². The van der Waals surface area contributed by atoms with E-state index in [1.807, 2.05) is 36.0 Å². The molecule has 2 aromatic carbocycles. The van der Waals surface area contributed by atoms with Crippen LogP contribution >= 0.6 is 0 Å². The molecule has 1 aliphatic rings. The topological polar surface area (TPSA) is 60.7 Å². The normalized spacial score (nSPS) is 14.8. The Morgan fingerprint density at radius 1 is 1.24 bits per heavy atom. The van der Waals surface area contributed by atoms with Crippen LogP contribution in [0.2, 0.25) is 0 Å². The summed E-state index contributed by atoms with van der Waals surface area (Å²) in [5.74, 6) is 1.36. The van der Waals surface area contributed by atoms with E-state index in [0.29, 0.717) is 16.9 Å². The van der Waals surface area contributed by atoms with Gasteiger partial charge in [0.05, 0.1) is 12.7 Å². The quantitative estimate of drug-likeness (QED) is 0.723. The third kappa shape index (κ3) is 2.28. The minimum atomic E-state index is -0.182. The zero-order valence-corrected chi connectivity index (χ0v) is 14.2. The molecule has 0 amide bonds. The maximum absolute atomic E-state index is 12.6. The number of phenols is 1. The Morgan fingerprint density at radius 3 is 2.80 bits per heavy atom. The maximum Gasteiger partial charge on any atom is 0.231 e. The Labute approximate surface area is 144 Å². The summed E-state index contributed by atoms with van der Waals surface area (Å²) in [6, 6.07) is 8.92. The number of ketones is 1. The predicted octanol–water partition coefficient (Wildman–Crippen LogP) is 3.82. The lowest BCUT2D eigenvalue weighted by Crippen LogP contribution is -1.97. The number of allylic oxidation sites excluding steroid dienone is 1. The fourth-order valence-corrected chi connectivity index (χ4v) is 3.16. The van der Waals surface area contributed by atoms with Gasteiger partial charge in [0.15, 0.2) is 5.76 Å². The number of benzene rings is 2. The highest BCUT2D eigenvalue weighted by atomic mass is 16.5. The third-order valence-corrected chi connectivity index (χ3v) is 4.57. The SMILES string of the molecule is COc1ccc2c(c1)c(/C=C1/Oc3c(ccc(O)c3C)C1=O)cn2C. The fourth-order valence-electron chi connectivity index (χ4n) is 3.16. The molecule has 0 radical (unpaired) electrons. The first-order valence-electron chi connectivity index (χ1n) is 7.89.